The van der Waals surface area contributed by atoms with E-state index in [0.717, 1.165) is 5.56 Å². The summed E-state index contributed by atoms with van der Waals surface area (Å²) in [5.74, 6) is 0.386. The van der Waals surface area contributed by atoms with E-state index in [0.29, 0.717) is 35.9 Å². The van der Waals surface area contributed by atoms with Crippen LogP contribution in [-0.2, 0) is 11.2 Å². The van der Waals surface area contributed by atoms with Crippen LogP contribution in [0.5, 0.6) is 0 Å². The average molecular weight is 382 g/mol. The van der Waals surface area contributed by atoms with Gasteiger partial charge in [-0.05, 0) is 23.6 Å². The van der Waals surface area contributed by atoms with Crippen LogP contribution in [0, 0.1) is 0 Å². The molecule has 27 heavy (non-hydrogen) atoms. The highest BCUT2D eigenvalue weighted by molar-refractivity contribution is 7.08. The number of hydrogen-bond donors (Lipinski definition) is 2. The van der Waals surface area contributed by atoms with Crippen molar-refractivity contribution in [3.8, 4) is 11.4 Å². The first-order valence-electron chi connectivity index (χ1n) is 8.30. The van der Waals surface area contributed by atoms with E-state index in [-0.39, 0.29) is 18.2 Å². The number of anilines is 1. The number of benzene rings is 1. The van der Waals surface area contributed by atoms with Crippen molar-refractivity contribution in [2.75, 3.05) is 11.9 Å². The number of nitrogens with one attached hydrogen (secondary N) is 2. The highest BCUT2D eigenvalue weighted by Gasteiger charge is 2.14. The lowest BCUT2D eigenvalue weighted by Crippen LogP contribution is -2.25. The second kappa shape index (κ2) is 8.91. The third-order valence-electron chi connectivity index (χ3n) is 3.67. The van der Waals surface area contributed by atoms with Gasteiger partial charge in [-0.1, -0.05) is 23.4 Å². The van der Waals surface area contributed by atoms with Gasteiger partial charge in [0.1, 0.15) is 0 Å². The van der Waals surface area contributed by atoms with Gasteiger partial charge in [0.05, 0.1) is 11.3 Å². The van der Waals surface area contributed by atoms with Gasteiger partial charge in [-0.25, -0.2) is 0 Å². The van der Waals surface area contributed by atoms with Gasteiger partial charge in [0.2, 0.25) is 17.6 Å². The molecule has 0 unspecified atom stereocenters. The van der Waals surface area contributed by atoms with Crippen LogP contribution in [0.3, 0.4) is 0 Å². The first-order valence-corrected chi connectivity index (χ1v) is 9.25. The number of carbonyl (C=O) groups excluding carboxylic acids is 2. The van der Waals surface area contributed by atoms with E-state index in [4.69, 9.17) is 4.52 Å². The minimum Gasteiger partial charge on any atom is -0.349 e. The monoisotopic (exact) mass is 382 g/mol. The molecule has 2 N–H and O–H groups in total. The summed E-state index contributed by atoms with van der Waals surface area (Å²) in [7, 11) is 0. The fraction of sp³-hybridized carbons (Fsp3) is 0.158. The lowest BCUT2D eigenvalue weighted by Gasteiger charge is -2.10. The molecular weight excluding hydrogens is 364 g/mol. The van der Waals surface area contributed by atoms with E-state index < -0.39 is 0 Å². The molecule has 3 aromatic rings. The van der Waals surface area contributed by atoms with Gasteiger partial charge in [-0.15, -0.1) is 6.58 Å². The van der Waals surface area contributed by atoms with Gasteiger partial charge in [-0.2, -0.15) is 16.3 Å². The summed E-state index contributed by atoms with van der Waals surface area (Å²) in [4.78, 5) is 28.7. The zero-order valence-corrected chi connectivity index (χ0v) is 15.3. The van der Waals surface area contributed by atoms with Crippen LogP contribution in [0.2, 0.25) is 0 Å². The van der Waals surface area contributed by atoms with Gasteiger partial charge >= 0.3 is 0 Å². The fourth-order valence-corrected chi connectivity index (χ4v) is 2.98. The van der Waals surface area contributed by atoms with Crippen LogP contribution in [-0.4, -0.2) is 28.5 Å². The highest BCUT2D eigenvalue weighted by Crippen LogP contribution is 2.19. The van der Waals surface area contributed by atoms with E-state index in [1.807, 2.05) is 16.8 Å². The smallest absolute Gasteiger partial charge is 0.253 e. The van der Waals surface area contributed by atoms with Crippen LogP contribution >= 0.6 is 11.3 Å². The van der Waals surface area contributed by atoms with Crippen molar-refractivity contribution in [2.45, 2.75) is 12.8 Å². The highest BCUT2D eigenvalue weighted by atomic mass is 32.1. The van der Waals surface area contributed by atoms with E-state index in [2.05, 4.69) is 27.4 Å². The van der Waals surface area contributed by atoms with Crippen molar-refractivity contribution in [2.24, 2.45) is 0 Å². The standard InChI is InChI=1S/C19H18N4O3S/c1-2-10-20-19(25)14-5-3-4-6-15(14)21-16(24)7-8-17-22-18(23-26-17)13-9-11-27-12-13/h2-6,9,11-12H,1,7-8,10H2,(H,20,25)(H,21,24). The first-order chi connectivity index (χ1) is 13.2. The minimum atomic E-state index is -0.275. The Hall–Kier alpha value is -3.26. The van der Waals surface area contributed by atoms with Gasteiger partial charge in [0.25, 0.3) is 5.91 Å². The summed E-state index contributed by atoms with van der Waals surface area (Å²) in [6.07, 6.45) is 2.07. The van der Waals surface area contributed by atoms with E-state index in [1.54, 1.807) is 41.7 Å². The topological polar surface area (TPSA) is 97.1 Å². The molecule has 0 atom stereocenters. The molecule has 1 aromatic carbocycles. The first kappa shape index (κ1) is 18.5. The predicted molar refractivity (Wildman–Crippen MR) is 104 cm³/mol. The minimum absolute atomic E-state index is 0.161. The van der Waals surface area contributed by atoms with Gasteiger partial charge < -0.3 is 15.2 Å². The number of aromatic nitrogens is 2. The van der Waals surface area contributed by atoms with Gasteiger partial charge in [0, 0.05) is 30.3 Å². The van der Waals surface area contributed by atoms with E-state index >= 15 is 0 Å². The lowest BCUT2D eigenvalue weighted by atomic mass is 10.1. The summed E-state index contributed by atoms with van der Waals surface area (Å²) in [5.41, 5.74) is 1.73. The fourth-order valence-electron chi connectivity index (χ4n) is 2.35. The summed E-state index contributed by atoms with van der Waals surface area (Å²) in [6.45, 7) is 3.92. The van der Waals surface area contributed by atoms with Crippen molar-refractivity contribution < 1.29 is 14.1 Å². The van der Waals surface area contributed by atoms with Crippen molar-refractivity contribution in [3.05, 3.63) is 65.2 Å². The largest absolute Gasteiger partial charge is 0.349 e. The Morgan fingerprint density at radius 2 is 2.11 bits per heavy atom. The Bertz CT molecular complexity index is 934. The molecule has 0 aliphatic carbocycles. The van der Waals surface area contributed by atoms with Gasteiger partial charge in [0.15, 0.2) is 0 Å². The molecule has 3 rings (SSSR count). The molecule has 0 spiro atoms. The molecule has 0 radical (unpaired) electrons. The third-order valence-corrected chi connectivity index (χ3v) is 4.35. The second-order valence-electron chi connectivity index (χ2n) is 5.62. The van der Waals surface area contributed by atoms with E-state index in [1.165, 1.54) is 0 Å². The predicted octanol–water partition coefficient (Wildman–Crippen LogP) is 3.29. The molecule has 7 nitrogen and oxygen atoms in total. The maximum atomic E-state index is 12.3. The third kappa shape index (κ3) is 4.89. The Labute approximate surface area is 160 Å². The quantitative estimate of drug-likeness (QED) is 0.583. The molecule has 0 aliphatic rings. The molecule has 2 aromatic heterocycles. The average Bonchev–Trinajstić information content (AvgIpc) is 3.36. The van der Waals surface area contributed by atoms with Crippen molar-refractivity contribution in [1.29, 1.82) is 0 Å². The second-order valence-corrected chi connectivity index (χ2v) is 6.40. The number of rotatable bonds is 8. The number of aryl methyl sites for hydroxylation is 1. The number of hydrogen-bond acceptors (Lipinski definition) is 6. The number of nitrogens with zero attached hydrogens (tertiary/aromatic N) is 2. The van der Waals surface area contributed by atoms with Crippen LogP contribution < -0.4 is 10.6 Å². The molecule has 0 saturated heterocycles. The van der Waals surface area contributed by atoms with Crippen molar-refractivity contribution >= 4 is 28.8 Å². The van der Waals surface area contributed by atoms with Crippen LogP contribution in [0.15, 0.2) is 58.3 Å². The molecule has 2 amide bonds. The number of para-hydroxylation sites is 1. The zero-order chi connectivity index (χ0) is 19.1. The van der Waals surface area contributed by atoms with Gasteiger partial charge in [-0.3, -0.25) is 9.59 Å². The number of carbonyl (C=O) groups is 2. The van der Waals surface area contributed by atoms with Crippen molar-refractivity contribution in [3.63, 3.8) is 0 Å². The molecule has 0 fully saturated rings. The molecular formula is C19H18N4O3S. The Balaban J connectivity index is 1.58. The normalized spacial score (nSPS) is 10.4. The molecule has 0 saturated carbocycles. The number of thiophene rings is 1. The maximum absolute atomic E-state index is 12.3. The summed E-state index contributed by atoms with van der Waals surface area (Å²) >= 11 is 1.55. The SMILES string of the molecule is C=CCNC(=O)c1ccccc1NC(=O)CCc1nc(-c2ccsc2)no1. The van der Waals surface area contributed by atoms with Crippen LogP contribution in [0.25, 0.3) is 11.4 Å². The molecule has 138 valence electrons. The molecule has 0 aliphatic heterocycles. The maximum Gasteiger partial charge on any atom is 0.253 e. The van der Waals surface area contributed by atoms with Crippen LogP contribution in [0.1, 0.15) is 22.7 Å². The van der Waals surface area contributed by atoms with Crippen molar-refractivity contribution in [1.82, 2.24) is 15.5 Å². The Kier molecular flexibility index (Phi) is 6.11. The zero-order valence-electron chi connectivity index (χ0n) is 14.5. The molecule has 2 heterocycles. The van der Waals surface area contributed by atoms with Crippen LogP contribution in [0.4, 0.5) is 5.69 Å². The Morgan fingerprint density at radius 3 is 2.89 bits per heavy atom. The summed E-state index contributed by atoms with van der Waals surface area (Å²) in [6, 6.07) is 8.73. The molecule has 0 bridgehead atoms. The van der Waals surface area contributed by atoms with E-state index in [9.17, 15) is 9.59 Å². The summed E-state index contributed by atoms with van der Waals surface area (Å²) < 4.78 is 5.19. The number of amides is 2. The Morgan fingerprint density at radius 1 is 1.26 bits per heavy atom. The molecule has 8 heteroatoms. The lowest BCUT2D eigenvalue weighted by molar-refractivity contribution is -0.116. The summed E-state index contributed by atoms with van der Waals surface area (Å²) in [5, 5.41) is 13.2.